The van der Waals surface area contributed by atoms with Gasteiger partial charge >= 0.3 is 0 Å². The number of nitrogens with one attached hydrogen (secondary N) is 1. The van der Waals surface area contributed by atoms with Gasteiger partial charge in [-0.2, -0.15) is 4.98 Å². The lowest BCUT2D eigenvalue weighted by molar-refractivity contribution is -0.0324. The molecule has 0 spiro atoms. The van der Waals surface area contributed by atoms with Crippen LogP contribution in [0, 0.1) is 0 Å². The molecule has 2 heterocycles. The highest BCUT2D eigenvalue weighted by molar-refractivity contribution is 6.28. The predicted molar refractivity (Wildman–Crippen MR) is 52.2 cm³/mol. The van der Waals surface area contributed by atoms with Crippen molar-refractivity contribution in [2.45, 2.75) is 13.0 Å². The van der Waals surface area contributed by atoms with Crippen LogP contribution >= 0.6 is 11.6 Å². The van der Waals surface area contributed by atoms with E-state index in [4.69, 9.17) is 16.3 Å². The summed E-state index contributed by atoms with van der Waals surface area (Å²) in [5, 5.41) is 6.80. The second-order valence-corrected chi connectivity index (χ2v) is 3.58. The monoisotopic (exact) mass is 216 g/mol. The first-order valence-corrected chi connectivity index (χ1v) is 5.09. The number of halogens is 1. The first-order chi connectivity index (χ1) is 6.79. The zero-order chi connectivity index (χ0) is 9.97. The average Bonchev–Trinajstić information content (AvgIpc) is 2.65. The van der Waals surface area contributed by atoms with Gasteiger partial charge in [0.1, 0.15) is 6.10 Å². The number of hydrogen-bond donors (Lipinski definition) is 1. The van der Waals surface area contributed by atoms with Crippen molar-refractivity contribution in [2.75, 3.05) is 26.2 Å². The Bertz CT molecular complexity index is 303. The standard InChI is InChI=1S/C8H13ClN4O/c1-2-13-3-4-14-6(5-13)7-10-8(9)12-11-7/h6H,2-5H2,1H3,(H,10,11,12). The minimum atomic E-state index is -0.0244. The predicted octanol–water partition coefficient (Wildman–Crippen LogP) is 0.851. The van der Waals surface area contributed by atoms with Gasteiger partial charge in [0.15, 0.2) is 5.82 Å². The average molecular weight is 217 g/mol. The van der Waals surface area contributed by atoms with Gasteiger partial charge in [-0.25, -0.2) is 0 Å². The van der Waals surface area contributed by atoms with Gasteiger partial charge in [0.2, 0.25) is 5.28 Å². The number of nitrogens with zero attached hydrogens (tertiary/aromatic N) is 3. The fourth-order valence-corrected chi connectivity index (χ4v) is 1.69. The molecule has 0 aliphatic carbocycles. The quantitative estimate of drug-likeness (QED) is 0.797. The maximum atomic E-state index is 5.63. The van der Waals surface area contributed by atoms with Gasteiger partial charge < -0.3 is 4.74 Å². The summed E-state index contributed by atoms with van der Waals surface area (Å²) in [6, 6.07) is 0. The van der Waals surface area contributed by atoms with E-state index in [9.17, 15) is 0 Å². The SMILES string of the molecule is CCN1CCOC(c2nc(Cl)n[nH]2)C1. The first-order valence-electron chi connectivity index (χ1n) is 4.71. The molecule has 1 aromatic heterocycles. The van der Waals surface area contributed by atoms with Crippen LogP contribution in [0.25, 0.3) is 0 Å². The number of morpholine rings is 1. The van der Waals surface area contributed by atoms with E-state index in [2.05, 4.69) is 27.0 Å². The highest BCUT2D eigenvalue weighted by Crippen LogP contribution is 2.19. The Morgan fingerprint density at radius 1 is 1.71 bits per heavy atom. The Balaban J connectivity index is 2.04. The third-order valence-corrected chi connectivity index (χ3v) is 2.55. The van der Waals surface area contributed by atoms with E-state index < -0.39 is 0 Å². The number of H-pyrrole nitrogens is 1. The van der Waals surface area contributed by atoms with Gasteiger partial charge in [0, 0.05) is 13.1 Å². The van der Waals surface area contributed by atoms with Crippen molar-refractivity contribution in [3.63, 3.8) is 0 Å². The number of hydrogen-bond acceptors (Lipinski definition) is 4. The van der Waals surface area contributed by atoms with Crippen LogP contribution in [0.3, 0.4) is 0 Å². The molecule has 1 aromatic rings. The lowest BCUT2D eigenvalue weighted by atomic mass is 10.2. The minimum absolute atomic E-state index is 0.0244. The number of likely N-dealkylation sites (N-methyl/N-ethyl adjacent to an activating group) is 1. The topological polar surface area (TPSA) is 54.0 Å². The van der Waals surface area contributed by atoms with Crippen LogP contribution in [0.2, 0.25) is 5.28 Å². The molecule has 78 valence electrons. The Morgan fingerprint density at radius 2 is 2.57 bits per heavy atom. The summed E-state index contributed by atoms with van der Waals surface area (Å²) in [7, 11) is 0. The minimum Gasteiger partial charge on any atom is -0.368 e. The van der Waals surface area contributed by atoms with Crippen LogP contribution in [-0.2, 0) is 4.74 Å². The number of aromatic amines is 1. The molecule has 6 heteroatoms. The van der Waals surface area contributed by atoms with Crippen LogP contribution in [-0.4, -0.2) is 46.3 Å². The van der Waals surface area contributed by atoms with E-state index in [0.717, 1.165) is 26.2 Å². The molecule has 2 rings (SSSR count). The van der Waals surface area contributed by atoms with Crippen LogP contribution in [0.1, 0.15) is 18.9 Å². The molecule has 1 aliphatic rings. The van der Waals surface area contributed by atoms with Crippen molar-refractivity contribution in [3.8, 4) is 0 Å². The molecule has 1 atom stereocenters. The van der Waals surface area contributed by atoms with Crippen LogP contribution in [0.5, 0.6) is 0 Å². The van der Waals surface area contributed by atoms with Crippen molar-refractivity contribution in [2.24, 2.45) is 0 Å². The van der Waals surface area contributed by atoms with Crippen molar-refractivity contribution in [1.29, 1.82) is 0 Å². The van der Waals surface area contributed by atoms with Crippen molar-refractivity contribution in [1.82, 2.24) is 20.1 Å². The molecule has 1 N–H and O–H groups in total. The number of aromatic nitrogens is 3. The molecular weight excluding hydrogens is 204 g/mol. The molecule has 0 bridgehead atoms. The second kappa shape index (κ2) is 4.25. The Hall–Kier alpha value is -0.650. The lowest BCUT2D eigenvalue weighted by Gasteiger charge is -2.30. The number of rotatable bonds is 2. The summed E-state index contributed by atoms with van der Waals surface area (Å²) in [4.78, 5) is 6.36. The van der Waals surface area contributed by atoms with E-state index in [-0.39, 0.29) is 11.4 Å². The maximum Gasteiger partial charge on any atom is 0.242 e. The zero-order valence-electron chi connectivity index (χ0n) is 8.03. The largest absolute Gasteiger partial charge is 0.368 e. The van der Waals surface area contributed by atoms with Gasteiger partial charge in [-0.05, 0) is 18.1 Å². The van der Waals surface area contributed by atoms with E-state index in [1.165, 1.54) is 0 Å². The molecule has 14 heavy (non-hydrogen) atoms. The maximum absolute atomic E-state index is 5.63. The molecule has 0 amide bonds. The van der Waals surface area contributed by atoms with Crippen LogP contribution in [0.15, 0.2) is 0 Å². The molecular formula is C8H13ClN4O. The normalized spacial score (nSPS) is 24.0. The summed E-state index contributed by atoms with van der Waals surface area (Å²) in [6.07, 6.45) is -0.0244. The molecule has 1 unspecified atom stereocenters. The van der Waals surface area contributed by atoms with Crippen LogP contribution in [0.4, 0.5) is 0 Å². The van der Waals surface area contributed by atoms with Gasteiger partial charge in [-0.15, -0.1) is 5.10 Å². The van der Waals surface area contributed by atoms with Crippen LogP contribution < -0.4 is 0 Å². The Morgan fingerprint density at radius 3 is 3.21 bits per heavy atom. The highest BCUT2D eigenvalue weighted by atomic mass is 35.5. The lowest BCUT2D eigenvalue weighted by Crippen LogP contribution is -2.38. The molecule has 1 aliphatic heterocycles. The molecule has 0 saturated carbocycles. The van der Waals surface area contributed by atoms with Gasteiger partial charge in [0.25, 0.3) is 0 Å². The fourth-order valence-electron chi connectivity index (χ4n) is 1.55. The molecule has 1 saturated heterocycles. The Labute approximate surface area is 87.4 Å². The van der Waals surface area contributed by atoms with E-state index in [1.807, 2.05) is 0 Å². The molecule has 0 radical (unpaired) electrons. The summed E-state index contributed by atoms with van der Waals surface area (Å²) < 4.78 is 5.58. The van der Waals surface area contributed by atoms with E-state index in [0.29, 0.717) is 5.82 Å². The highest BCUT2D eigenvalue weighted by Gasteiger charge is 2.23. The summed E-state index contributed by atoms with van der Waals surface area (Å²) in [5.74, 6) is 0.716. The fraction of sp³-hybridized carbons (Fsp3) is 0.750. The van der Waals surface area contributed by atoms with Crippen molar-refractivity contribution >= 4 is 11.6 Å². The van der Waals surface area contributed by atoms with Crippen molar-refractivity contribution in [3.05, 3.63) is 11.1 Å². The molecule has 5 nitrogen and oxygen atoms in total. The van der Waals surface area contributed by atoms with E-state index >= 15 is 0 Å². The zero-order valence-corrected chi connectivity index (χ0v) is 8.79. The van der Waals surface area contributed by atoms with Gasteiger partial charge in [-0.3, -0.25) is 10.00 Å². The van der Waals surface area contributed by atoms with E-state index in [1.54, 1.807) is 0 Å². The third-order valence-electron chi connectivity index (χ3n) is 2.38. The first kappa shape index (κ1) is 9.89. The Kier molecular flexibility index (Phi) is 3.00. The molecule has 1 fully saturated rings. The van der Waals surface area contributed by atoms with Gasteiger partial charge in [0.05, 0.1) is 6.61 Å². The van der Waals surface area contributed by atoms with Crippen molar-refractivity contribution < 1.29 is 4.74 Å². The second-order valence-electron chi connectivity index (χ2n) is 3.24. The summed E-state index contributed by atoms with van der Waals surface area (Å²) >= 11 is 5.63. The summed E-state index contributed by atoms with van der Waals surface area (Å²) in [5.41, 5.74) is 0. The summed E-state index contributed by atoms with van der Waals surface area (Å²) in [6.45, 7) is 5.73. The van der Waals surface area contributed by atoms with Gasteiger partial charge in [-0.1, -0.05) is 6.92 Å². The third kappa shape index (κ3) is 2.05. The number of ether oxygens (including phenoxy) is 1. The molecule has 0 aromatic carbocycles. The smallest absolute Gasteiger partial charge is 0.242 e.